The molecule has 1 fully saturated rings. The number of benzene rings is 1. The molecule has 1 aliphatic carbocycles. The SMILES string of the molecule is Cc1cc(C2(C(=O)O)CC2)c(F)c(O)c1Cl. The first kappa shape index (κ1) is 11.2. The number of halogens is 2. The van der Waals surface area contributed by atoms with E-state index in [4.69, 9.17) is 16.7 Å². The number of hydrogen-bond acceptors (Lipinski definition) is 2. The zero-order valence-electron chi connectivity index (χ0n) is 8.55. The summed E-state index contributed by atoms with van der Waals surface area (Å²) in [7, 11) is 0. The molecule has 1 aromatic rings. The molecule has 2 rings (SSSR count). The van der Waals surface area contributed by atoms with Crippen molar-refractivity contribution in [1.82, 2.24) is 0 Å². The van der Waals surface area contributed by atoms with Crippen LogP contribution in [0.1, 0.15) is 24.0 Å². The van der Waals surface area contributed by atoms with Crippen molar-refractivity contribution in [2.45, 2.75) is 25.2 Å². The minimum Gasteiger partial charge on any atom is -0.504 e. The van der Waals surface area contributed by atoms with Crippen molar-refractivity contribution in [3.8, 4) is 5.75 Å². The Bertz CT molecular complexity index is 481. The lowest BCUT2D eigenvalue weighted by molar-refractivity contribution is -0.140. The molecular weight excluding hydrogens is 235 g/mol. The van der Waals surface area contributed by atoms with Gasteiger partial charge in [0.2, 0.25) is 0 Å². The predicted octanol–water partition coefficient (Wildman–Crippen LogP) is 2.61. The second kappa shape index (κ2) is 3.35. The quantitative estimate of drug-likeness (QED) is 0.841. The van der Waals surface area contributed by atoms with E-state index >= 15 is 0 Å². The Kier molecular flexibility index (Phi) is 2.35. The highest BCUT2D eigenvalue weighted by molar-refractivity contribution is 6.32. The highest BCUT2D eigenvalue weighted by Crippen LogP contribution is 2.51. The van der Waals surface area contributed by atoms with Crippen LogP contribution in [-0.4, -0.2) is 16.2 Å². The summed E-state index contributed by atoms with van der Waals surface area (Å²) in [6, 6.07) is 1.40. The molecule has 86 valence electrons. The van der Waals surface area contributed by atoms with Crippen LogP contribution in [0.2, 0.25) is 5.02 Å². The normalized spacial score (nSPS) is 17.2. The van der Waals surface area contributed by atoms with Gasteiger partial charge in [0.15, 0.2) is 11.6 Å². The molecule has 0 heterocycles. The van der Waals surface area contributed by atoms with Gasteiger partial charge in [0.1, 0.15) is 0 Å². The number of rotatable bonds is 2. The average molecular weight is 245 g/mol. The molecular formula is C11H10ClFO3. The molecule has 3 nitrogen and oxygen atoms in total. The molecule has 0 atom stereocenters. The number of carboxylic acids is 1. The standard InChI is InChI=1S/C11H10ClFO3/c1-5-4-6(8(13)9(14)7(5)12)11(2-3-11)10(15)16/h4,14H,2-3H2,1H3,(H,15,16). The van der Waals surface area contributed by atoms with Crippen LogP contribution in [-0.2, 0) is 10.2 Å². The molecule has 0 bridgehead atoms. The van der Waals surface area contributed by atoms with Gasteiger partial charge in [-0.25, -0.2) is 4.39 Å². The first-order valence-corrected chi connectivity index (χ1v) is 5.19. The van der Waals surface area contributed by atoms with Gasteiger partial charge < -0.3 is 10.2 Å². The topological polar surface area (TPSA) is 57.5 Å². The fourth-order valence-electron chi connectivity index (χ4n) is 1.83. The van der Waals surface area contributed by atoms with Crippen molar-refractivity contribution in [2.75, 3.05) is 0 Å². The van der Waals surface area contributed by atoms with Crippen molar-refractivity contribution in [3.05, 3.63) is 28.0 Å². The van der Waals surface area contributed by atoms with E-state index < -0.39 is 23.0 Å². The highest BCUT2D eigenvalue weighted by Gasteiger charge is 2.53. The minimum absolute atomic E-state index is 0.0272. The Hall–Kier alpha value is -1.29. The van der Waals surface area contributed by atoms with Crippen LogP contribution < -0.4 is 0 Å². The zero-order chi connectivity index (χ0) is 12.1. The smallest absolute Gasteiger partial charge is 0.314 e. The van der Waals surface area contributed by atoms with Crippen molar-refractivity contribution in [3.63, 3.8) is 0 Å². The van der Waals surface area contributed by atoms with Crippen LogP contribution in [0.5, 0.6) is 5.75 Å². The molecule has 0 saturated heterocycles. The van der Waals surface area contributed by atoms with E-state index in [1.165, 1.54) is 6.07 Å². The molecule has 0 aromatic heterocycles. The number of aromatic hydroxyl groups is 1. The molecule has 1 aromatic carbocycles. The highest BCUT2D eigenvalue weighted by atomic mass is 35.5. The summed E-state index contributed by atoms with van der Waals surface area (Å²) in [4.78, 5) is 11.1. The minimum atomic E-state index is -1.17. The lowest BCUT2D eigenvalue weighted by atomic mass is 9.93. The fraction of sp³-hybridized carbons (Fsp3) is 0.364. The van der Waals surface area contributed by atoms with Crippen molar-refractivity contribution >= 4 is 17.6 Å². The number of phenols is 1. The van der Waals surface area contributed by atoms with Crippen LogP contribution in [0, 0.1) is 12.7 Å². The Labute approximate surface area is 96.5 Å². The van der Waals surface area contributed by atoms with E-state index in [0.29, 0.717) is 18.4 Å². The molecule has 0 spiro atoms. The molecule has 5 heteroatoms. The van der Waals surface area contributed by atoms with Gasteiger partial charge in [-0.3, -0.25) is 4.79 Å². The summed E-state index contributed by atoms with van der Waals surface area (Å²) >= 11 is 5.67. The Morgan fingerprint density at radius 3 is 2.56 bits per heavy atom. The molecule has 1 aliphatic rings. The first-order chi connectivity index (χ1) is 7.40. The maximum Gasteiger partial charge on any atom is 0.314 e. The molecule has 16 heavy (non-hydrogen) atoms. The van der Waals surface area contributed by atoms with Crippen LogP contribution in [0.4, 0.5) is 4.39 Å². The summed E-state index contributed by atoms with van der Waals surface area (Å²) in [5.41, 5.74) is -0.667. The lowest BCUT2D eigenvalue weighted by Crippen LogP contribution is -2.21. The van der Waals surface area contributed by atoms with Crippen molar-refractivity contribution < 1.29 is 19.4 Å². The van der Waals surface area contributed by atoms with Gasteiger partial charge in [-0.05, 0) is 25.3 Å². The van der Waals surface area contributed by atoms with E-state index in [1.807, 2.05) is 0 Å². The molecule has 0 aliphatic heterocycles. The largest absolute Gasteiger partial charge is 0.504 e. The fourth-order valence-corrected chi connectivity index (χ4v) is 1.96. The zero-order valence-corrected chi connectivity index (χ0v) is 9.31. The van der Waals surface area contributed by atoms with Gasteiger partial charge in [-0.1, -0.05) is 17.7 Å². The van der Waals surface area contributed by atoms with Gasteiger partial charge in [-0.2, -0.15) is 0 Å². The van der Waals surface area contributed by atoms with Crippen LogP contribution in [0.3, 0.4) is 0 Å². The summed E-state index contributed by atoms with van der Waals surface area (Å²) < 4.78 is 13.7. The Balaban J connectivity index is 2.63. The molecule has 0 unspecified atom stereocenters. The number of phenolic OH excluding ortho intramolecular Hbond substituents is 1. The average Bonchev–Trinajstić information content (AvgIpc) is 3.01. The van der Waals surface area contributed by atoms with Gasteiger partial charge in [0.25, 0.3) is 0 Å². The third-order valence-corrected chi connectivity index (χ3v) is 3.51. The van der Waals surface area contributed by atoms with Gasteiger partial charge in [0.05, 0.1) is 10.4 Å². The molecule has 1 saturated carbocycles. The summed E-state index contributed by atoms with van der Waals surface area (Å²) in [5.74, 6) is -2.65. The number of carboxylic acid groups (broad SMARTS) is 1. The van der Waals surface area contributed by atoms with Gasteiger partial charge in [-0.15, -0.1) is 0 Å². The van der Waals surface area contributed by atoms with Crippen LogP contribution in [0.25, 0.3) is 0 Å². The van der Waals surface area contributed by atoms with Gasteiger partial charge in [0, 0.05) is 5.56 Å². The van der Waals surface area contributed by atoms with Crippen molar-refractivity contribution in [1.29, 1.82) is 0 Å². The van der Waals surface area contributed by atoms with E-state index in [1.54, 1.807) is 6.92 Å². The maximum atomic E-state index is 13.7. The molecule has 0 amide bonds. The van der Waals surface area contributed by atoms with E-state index in [9.17, 15) is 14.3 Å². The second-order valence-corrected chi connectivity index (χ2v) is 4.48. The number of hydrogen-bond donors (Lipinski definition) is 2. The Morgan fingerprint density at radius 2 is 2.12 bits per heavy atom. The van der Waals surface area contributed by atoms with Gasteiger partial charge >= 0.3 is 5.97 Å². The maximum absolute atomic E-state index is 13.7. The van der Waals surface area contributed by atoms with E-state index in [-0.39, 0.29) is 10.6 Å². The first-order valence-electron chi connectivity index (χ1n) is 4.81. The monoisotopic (exact) mass is 244 g/mol. The third-order valence-electron chi connectivity index (χ3n) is 3.03. The van der Waals surface area contributed by atoms with Crippen LogP contribution >= 0.6 is 11.6 Å². The lowest BCUT2D eigenvalue weighted by Gasteiger charge is -2.14. The molecule has 0 radical (unpaired) electrons. The van der Waals surface area contributed by atoms with Crippen molar-refractivity contribution in [2.24, 2.45) is 0 Å². The number of aryl methyl sites for hydroxylation is 1. The van der Waals surface area contributed by atoms with E-state index in [2.05, 4.69) is 0 Å². The summed E-state index contributed by atoms with van der Waals surface area (Å²) in [6.45, 7) is 1.60. The molecule has 2 N–H and O–H groups in total. The summed E-state index contributed by atoms with van der Waals surface area (Å²) in [5, 5.41) is 18.4. The Morgan fingerprint density at radius 1 is 1.56 bits per heavy atom. The van der Waals surface area contributed by atoms with Crippen LogP contribution in [0.15, 0.2) is 6.07 Å². The number of aliphatic carboxylic acids is 1. The number of carbonyl (C=O) groups is 1. The second-order valence-electron chi connectivity index (χ2n) is 4.10. The van der Waals surface area contributed by atoms with E-state index in [0.717, 1.165) is 0 Å². The third kappa shape index (κ3) is 1.37. The predicted molar refractivity (Wildman–Crippen MR) is 56.4 cm³/mol. The summed E-state index contributed by atoms with van der Waals surface area (Å²) in [6.07, 6.45) is 0.777.